The van der Waals surface area contributed by atoms with Gasteiger partial charge in [-0.05, 0) is 49.4 Å². The van der Waals surface area contributed by atoms with Crippen LogP contribution in [0.15, 0.2) is 78.1 Å². The van der Waals surface area contributed by atoms with E-state index in [0.717, 1.165) is 28.4 Å². The SMILES string of the molecule is CCn1c(SCC(=O)Nc2cccc(C(=O)NCc3ccccn3)c2)nc2ccccc21. The average Bonchev–Trinajstić information content (AvgIpc) is 3.19. The minimum Gasteiger partial charge on any atom is -0.346 e. The second-order valence-corrected chi connectivity index (χ2v) is 7.99. The molecule has 0 aliphatic rings. The van der Waals surface area contributed by atoms with Gasteiger partial charge < -0.3 is 15.2 Å². The summed E-state index contributed by atoms with van der Waals surface area (Å²) < 4.78 is 2.10. The van der Waals surface area contributed by atoms with Crippen LogP contribution in [-0.4, -0.2) is 32.1 Å². The molecule has 4 aromatic rings. The van der Waals surface area contributed by atoms with Crippen molar-refractivity contribution in [3.8, 4) is 0 Å². The summed E-state index contributed by atoms with van der Waals surface area (Å²) in [5, 5.41) is 6.51. The third-order valence-electron chi connectivity index (χ3n) is 4.83. The van der Waals surface area contributed by atoms with Crippen LogP contribution in [0.4, 0.5) is 5.69 Å². The zero-order valence-electron chi connectivity index (χ0n) is 17.6. The standard InChI is InChI=1S/C24H23N5O2S/c1-2-29-21-12-4-3-11-20(21)28-24(29)32-16-22(30)27-18-10-7-8-17(14-18)23(31)26-15-19-9-5-6-13-25-19/h3-14H,2,15-16H2,1H3,(H,26,31)(H,27,30). The number of hydrogen-bond donors (Lipinski definition) is 2. The van der Waals surface area contributed by atoms with Crippen LogP contribution < -0.4 is 10.6 Å². The predicted octanol–water partition coefficient (Wildman–Crippen LogP) is 4.11. The molecule has 7 nitrogen and oxygen atoms in total. The molecule has 0 saturated heterocycles. The Hall–Kier alpha value is -3.65. The van der Waals surface area contributed by atoms with Crippen molar-refractivity contribution in [1.82, 2.24) is 19.9 Å². The third-order valence-corrected chi connectivity index (χ3v) is 5.81. The summed E-state index contributed by atoms with van der Waals surface area (Å²) in [6.45, 7) is 3.17. The summed E-state index contributed by atoms with van der Waals surface area (Å²) in [6.07, 6.45) is 1.69. The first kappa shape index (κ1) is 21.6. The fourth-order valence-electron chi connectivity index (χ4n) is 3.31. The van der Waals surface area contributed by atoms with Gasteiger partial charge in [0.15, 0.2) is 5.16 Å². The smallest absolute Gasteiger partial charge is 0.251 e. The molecule has 0 spiro atoms. The maximum atomic E-state index is 12.5. The number of fused-ring (bicyclic) bond motifs is 1. The van der Waals surface area contributed by atoms with Crippen molar-refractivity contribution in [3.63, 3.8) is 0 Å². The summed E-state index contributed by atoms with van der Waals surface area (Å²) in [6, 6.07) is 20.4. The fraction of sp³-hybridized carbons (Fsp3) is 0.167. The molecule has 0 radical (unpaired) electrons. The van der Waals surface area contributed by atoms with Crippen molar-refractivity contribution in [3.05, 3.63) is 84.2 Å². The van der Waals surface area contributed by atoms with Gasteiger partial charge in [0.05, 0.1) is 29.0 Å². The molecule has 0 saturated carbocycles. The lowest BCUT2D eigenvalue weighted by atomic mass is 10.2. The number of pyridine rings is 1. The van der Waals surface area contributed by atoms with Gasteiger partial charge >= 0.3 is 0 Å². The highest BCUT2D eigenvalue weighted by molar-refractivity contribution is 7.99. The molecule has 0 bridgehead atoms. The lowest BCUT2D eigenvalue weighted by molar-refractivity contribution is -0.113. The normalized spacial score (nSPS) is 10.8. The molecule has 0 aliphatic heterocycles. The van der Waals surface area contributed by atoms with E-state index < -0.39 is 0 Å². The summed E-state index contributed by atoms with van der Waals surface area (Å²) in [5.74, 6) is -0.159. The Kier molecular flexibility index (Phi) is 6.81. The highest BCUT2D eigenvalue weighted by atomic mass is 32.2. The first-order valence-corrected chi connectivity index (χ1v) is 11.3. The summed E-state index contributed by atoms with van der Waals surface area (Å²) in [7, 11) is 0. The maximum absolute atomic E-state index is 12.5. The second kappa shape index (κ2) is 10.1. The predicted molar refractivity (Wildman–Crippen MR) is 127 cm³/mol. The first-order chi connectivity index (χ1) is 15.6. The van der Waals surface area contributed by atoms with Gasteiger partial charge in [-0.25, -0.2) is 4.98 Å². The zero-order chi connectivity index (χ0) is 22.3. The number of nitrogens with one attached hydrogen (secondary N) is 2. The van der Waals surface area contributed by atoms with Gasteiger partial charge in [-0.15, -0.1) is 0 Å². The molecular weight excluding hydrogens is 422 g/mol. The molecule has 0 aliphatic carbocycles. The van der Waals surface area contributed by atoms with E-state index >= 15 is 0 Å². The van der Waals surface area contributed by atoms with Crippen LogP contribution in [0.5, 0.6) is 0 Å². The van der Waals surface area contributed by atoms with E-state index in [4.69, 9.17) is 0 Å². The van der Waals surface area contributed by atoms with Crippen LogP contribution >= 0.6 is 11.8 Å². The molecular formula is C24H23N5O2S. The molecule has 2 N–H and O–H groups in total. The molecule has 2 amide bonds. The number of benzene rings is 2. The van der Waals surface area contributed by atoms with Crippen LogP contribution in [0.3, 0.4) is 0 Å². The molecule has 0 unspecified atom stereocenters. The Balaban J connectivity index is 1.35. The molecule has 2 aromatic carbocycles. The molecule has 4 rings (SSSR count). The number of aromatic nitrogens is 3. The van der Waals surface area contributed by atoms with E-state index in [9.17, 15) is 9.59 Å². The van der Waals surface area contributed by atoms with Crippen molar-refractivity contribution in [2.24, 2.45) is 0 Å². The highest BCUT2D eigenvalue weighted by Crippen LogP contribution is 2.24. The summed E-state index contributed by atoms with van der Waals surface area (Å²) in [4.78, 5) is 33.8. The number of amides is 2. The Morgan fingerprint density at radius 2 is 1.88 bits per heavy atom. The minimum atomic E-state index is -0.224. The van der Waals surface area contributed by atoms with Crippen LogP contribution in [0.2, 0.25) is 0 Å². The lowest BCUT2D eigenvalue weighted by Crippen LogP contribution is -2.23. The van der Waals surface area contributed by atoms with Crippen molar-refractivity contribution < 1.29 is 9.59 Å². The summed E-state index contributed by atoms with van der Waals surface area (Å²) >= 11 is 1.39. The highest BCUT2D eigenvalue weighted by Gasteiger charge is 2.13. The Bertz CT molecular complexity index is 1240. The van der Waals surface area contributed by atoms with Crippen molar-refractivity contribution >= 4 is 40.3 Å². The van der Waals surface area contributed by atoms with Crippen LogP contribution in [0, 0.1) is 0 Å². The number of carbonyl (C=O) groups excluding carboxylic acids is 2. The number of rotatable bonds is 8. The number of anilines is 1. The molecule has 162 valence electrons. The molecule has 8 heteroatoms. The van der Waals surface area contributed by atoms with E-state index in [1.54, 1.807) is 30.5 Å². The van der Waals surface area contributed by atoms with E-state index in [0.29, 0.717) is 17.8 Å². The van der Waals surface area contributed by atoms with E-state index in [2.05, 4.69) is 32.1 Å². The number of imidazole rings is 1. The van der Waals surface area contributed by atoms with Crippen molar-refractivity contribution in [1.29, 1.82) is 0 Å². The lowest BCUT2D eigenvalue weighted by Gasteiger charge is -2.09. The van der Waals surface area contributed by atoms with Crippen molar-refractivity contribution in [2.75, 3.05) is 11.1 Å². The quantitative estimate of drug-likeness (QED) is 0.399. The van der Waals surface area contributed by atoms with Crippen LogP contribution in [0.25, 0.3) is 11.0 Å². The topological polar surface area (TPSA) is 88.9 Å². The number of hydrogen-bond acceptors (Lipinski definition) is 5. The number of carbonyl (C=O) groups is 2. The van der Waals surface area contributed by atoms with Crippen LogP contribution in [-0.2, 0) is 17.9 Å². The van der Waals surface area contributed by atoms with Gasteiger partial charge in [-0.2, -0.15) is 0 Å². The molecule has 2 heterocycles. The van der Waals surface area contributed by atoms with E-state index in [1.165, 1.54) is 11.8 Å². The van der Waals surface area contributed by atoms with Gasteiger partial charge in [-0.1, -0.05) is 36.0 Å². The Morgan fingerprint density at radius 1 is 1.03 bits per heavy atom. The average molecular weight is 446 g/mol. The molecule has 0 atom stereocenters. The number of aryl methyl sites for hydroxylation is 1. The van der Waals surface area contributed by atoms with E-state index in [-0.39, 0.29) is 17.6 Å². The second-order valence-electron chi connectivity index (χ2n) is 7.05. The largest absolute Gasteiger partial charge is 0.346 e. The third kappa shape index (κ3) is 5.15. The van der Waals surface area contributed by atoms with E-state index in [1.807, 2.05) is 42.5 Å². The minimum absolute atomic E-state index is 0.157. The first-order valence-electron chi connectivity index (χ1n) is 10.3. The Labute approximate surface area is 190 Å². The Morgan fingerprint density at radius 3 is 2.69 bits per heavy atom. The van der Waals surface area contributed by atoms with Gasteiger partial charge in [0, 0.05) is 24.0 Å². The van der Waals surface area contributed by atoms with Gasteiger partial charge in [0.2, 0.25) is 5.91 Å². The molecule has 32 heavy (non-hydrogen) atoms. The zero-order valence-corrected chi connectivity index (χ0v) is 18.4. The van der Waals surface area contributed by atoms with Gasteiger partial charge in [-0.3, -0.25) is 14.6 Å². The number of para-hydroxylation sites is 2. The molecule has 0 fully saturated rings. The van der Waals surface area contributed by atoms with Gasteiger partial charge in [0.1, 0.15) is 0 Å². The van der Waals surface area contributed by atoms with Crippen molar-refractivity contribution in [2.45, 2.75) is 25.2 Å². The fourth-order valence-corrected chi connectivity index (χ4v) is 4.19. The maximum Gasteiger partial charge on any atom is 0.251 e. The number of nitrogens with zero attached hydrogens (tertiary/aromatic N) is 3. The summed E-state index contributed by atoms with van der Waals surface area (Å²) in [5.41, 5.74) is 3.80. The van der Waals surface area contributed by atoms with Crippen LogP contribution in [0.1, 0.15) is 23.0 Å². The monoisotopic (exact) mass is 445 g/mol. The number of thioether (sulfide) groups is 1. The van der Waals surface area contributed by atoms with Gasteiger partial charge in [0.25, 0.3) is 5.91 Å². The molecule has 2 aromatic heterocycles.